The first-order valence-corrected chi connectivity index (χ1v) is 11.7. The number of aliphatic imine (C=N–C) groups is 1. The number of methoxy groups -OCH3 is 1. The standard InChI is InChI=1S/C23H25N3O2S2/c1-4-25-18-15-17(28-3)11-12-19(18)29-22(25)20-21(27)26(5-2)23(30-20)24-14-13-16-9-7-6-8-10-16/h6-12,15H,4-5,13-14H2,1-3H3/b22-20-,24-23?. The highest BCUT2D eigenvalue weighted by atomic mass is 32.2. The van der Waals surface area contributed by atoms with E-state index in [1.165, 1.54) is 17.3 Å². The number of anilines is 1. The van der Waals surface area contributed by atoms with Crippen LogP contribution in [0.3, 0.4) is 0 Å². The van der Waals surface area contributed by atoms with E-state index in [-0.39, 0.29) is 5.91 Å². The summed E-state index contributed by atoms with van der Waals surface area (Å²) in [5.41, 5.74) is 2.35. The first kappa shape index (κ1) is 20.9. The fourth-order valence-corrected chi connectivity index (χ4v) is 5.97. The van der Waals surface area contributed by atoms with Crippen LogP contribution in [0.4, 0.5) is 5.69 Å². The van der Waals surface area contributed by atoms with Crippen molar-refractivity contribution in [2.75, 3.05) is 31.6 Å². The van der Waals surface area contributed by atoms with E-state index in [1.807, 2.05) is 37.3 Å². The van der Waals surface area contributed by atoms with Gasteiger partial charge in [0.25, 0.3) is 5.91 Å². The number of ether oxygens (including phenoxy) is 1. The number of rotatable bonds is 6. The minimum atomic E-state index is 0.0432. The summed E-state index contributed by atoms with van der Waals surface area (Å²) in [5.74, 6) is 0.865. The number of thioether (sulfide) groups is 2. The molecule has 0 aromatic heterocycles. The number of amidine groups is 1. The van der Waals surface area contributed by atoms with Crippen molar-refractivity contribution in [2.45, 2.75) is 25.2 Å². The number of nitrogens with zero attached hydrogens (tertiary/aromatic N) is 3. The lowest BCUT2D eigenvalue weighted by Crippen LogP contribution is -2.29. The molecule has 0 spiro atoms. The number of amides is 1. The normalized spacial score (nSPS) is 19.7. The Hall–Kier alpha value is -2.38. The Morgan fingerprint density at radius 3 is 2.47 bits per heavy atom. The van der Waals surface area contributed by atoms with Crippen LogP contribution in [0.1, 0.15) is 19.4 Å². The van der Waals surface area contributed by atoms with E-state index in [1.54, 1.807) is 23.8 Å². The Kier molecular flexibility index (Phi) is 6.39. The monoisotopic (exact) mass is 439 g/mol. The SMILES string of the molecule is CCN1C(=O)/C(=C2/Sc3ccc(OC)cc3N2CC)SC1=NCCc1ccccc1. The van der Waals surface area contributed by atoms with Gasteiger partial charge in [0.05, 0.1) is 12.8 Å². The summed E-state index contributed by atoms with van der Waals surface area (Å²) >= 11 is 3.15. The Balaban J connectivity index is 1.60. The van der Waals surface area contributed by atoms with Crippen molar-refractivity contribution < 1.29 is 9.53 Å². The molecular formula is C23H25N3O2S2. The summed E-state index contributed by atoms with van der Waals surface area (Å²) < 4.78 is 5.39. The Morgan fingerprint density at radius 1 is 1.00 bits per heavy atom. The van der Waals surface area contributed by atoms with Crippen LogP contribution in [-0.2, 0) is 11.2 Å². The minimum absolute atomic E-state index is 0.0432. The van der Waals surface area contributed by atoms with E-state index < -0.39 is 0 Å². The third-order valence-electron chi connectivity index (χ3n) is 5.09. The van der Waals surface area contributed by atoms with Crippen LogP contribution in [0, 0.1) is 0 Å². The molecule has 0 saturated carbocycles. The summed E-state index contributed by atoms with van der Waals surface area (Å²) in [6, 6.07) is 16.4. The smallest absolute Gasteiger partial charge is 0.269 e. The molecule has 1 fully saturated rings. The van der Waals surface area contributed by atoms with Gasteiger partial charge in [-0.2, -0.15) is 0 Å². The molecule has 2 aliphatic rings. The van der Waals surface area contributed by atoms with E-state index in [0.29, 0.717) is 13.1 Å². The highest BCUT2D eigenvalue weighted by molar-refractivity contribution is 8.19. The van der Waals surface area contributed by atoms with E-state index in [9.17, 15) is 4.79 Å². The lowest BCUT2D eigenvalue weighted by atomic mass is 10.2. The lowest BCUT2D eigenvalue weighted by Gasteiger charge is -2.19. The van der Waals surface area contributed by atoms with E-state index in [0.717, 1.165) is 44.4 Å². The van der Waals surface area contributed by atoms with Gasteiger partial charge in [0.2, 0.25) is 0 Å². The van der Waals surface area contributed by atoms with Gasteiger partial charge in [-0.05, 0) is 49.7 Å². The number of hydrogen-bond acceptors (Lipinski definition) is 6. The zero-order valence-electron chi connectivity index (χ0n) is 17.4. The van der Waals surface area contributed by atoms with E-state index in [2.05, 4.69) is 30.0 Å². The van der Waals surface area contributed by atoms with Gasteiger partial charge < -0.3 is 9.64 Å². The second-order valence-electron chi connectivity index (χ2n) is 6.87. The third kappa shape index (κ3) is 3.96. The van der Waals surface area contributed by atoms with Crippen molar-refractivity contribution in [2.24, 2.45) is 4.99 Å². The number of carbonyl (C=O) groups excluding carboxylic acids is 1. The topological polar surface area (TPSA) is 45.1 Å². The Bertz CT molecular complexity index is 1000. The van der Waals surface area contributed by atoms with Gasteiger partial charge in [-0.25, -0.2) is 0 Å². The summed E-state index contributed by atoms with van der Waals surface area (Å²) in [6.07, 6.45) is 0.865. The van der Waals surface area contributed by atoms with Crippen molar-refractivity contribution in [3.05, 3.63) is 64.0 Å². The van der Waals surface area contributed by atoms with Crippen LogP contribution in [0.5, 0.6) is 5.75 Å². The summed E-state index contributed by atoms with van der Waals surface area (Å²) in [5, 5.41) is 1.79. The van der Waals surface area contributed by atoms with Crippen molar-refractivity contribution in [1.82, 2.24) is 4.90 Å². The second kappa shape index (κ2) is 9.18. The molecule has 1 saturated heterocycles. The molecule has 2 aliphatic heterocycles. The quantitative estimate of drug-likeness (QED) is 0.594. The fraction of sp³-hybridized carbons (Fsp3) is 0.304. The Labute approximate surface area is 186 Å². The molecule has 5 nitrogen and oxygen atoms in total. The van der Waals surface area contributed by atoms with Crippen LogP contribution in [0.2, 0.25) is 0 Å². The summed E-state index contributed by atoms with van der Waals surface area (Å²) in [7, 11) is 1.67. The van der Waals surface area contributed by atoms with Gasteiger partial charge in [0.15, 0.2) is 5.17 Å². The number of carbonyl (C=O) groups is 1. The van der Waals surface area contributed by atoms with Gasteiger partial charge >= 0.3 is 0 Å². The molecule has 2 heterocycles. The van der Waals surface area contributed by atoms with Gasteiger partial charge in [-0.1, -0.05) is 42.1 Å². The first-order valence-electron chi connectivity index (χ1n) is 10.1. The molecular weight excluding hydrogens is 414 g/mol. The molecule has 4 rings (SSSR count). The van der Waals surface area contributed by atoms with Crippen LogP contribution >= 0.6 is 23.5 Å². The largest absolute Gasteiger partial charge is 0.497 e. The van der Waals surface area contributed by atoms with Gasteiger partial charge in [0, 0.05) is 30.6 Å². The molecule has 0 unspecified atom stereocenters. The van der Waals surface area contributed by atoms with Gasteiger partial charge in [0.1, 0.15) is 15.7 Å². The zero-order chi connectivity index (χ0) is 21.1. The third-order valence-corrected chi connectivity index (χ3v) is 7.51. The summed E-state index contributed by atoms with van der Waals surface area (Å²) in [6.45, 7) is 6.17. The lowest BCUT2D eigenvalue weighted by molar-refractivity contribution is -0.122. The fourth-order valence-electron chi connectivity index (χ4n) is 3.53. The molecule has 0 bridgehead atoms. The molecule has 1 amide bonds. The Morgan fingerprint density at radius 2 is 1.77 bits per heavy atom. The molecule has 30 heavy (non-hydrogen) atoms. The second-order valence-corrected chi connectivity index (χ2v) is 8.87. The predicted molar refractivity (Wildman–Crippen MR) is 126 cm³/mol. The number of fused-ring (bicyclic) bond motifs is 1. The van der Waals surface area contributed by atoms with Gasteiger partial charge in [-0.3, -0.25) is 14.7 Å². The maximum absolute atomic E-state index is 13.2. The molecule has 156 valence electrons. The minimum Gasteiger partial charge on any atom is -0.497 e. The average Bonchev–Trinajstić information content (AvgIpc) is 3.30. The van der Waals surface area contributed by atoms with Crippen molar-refractivity contribution >= 4 is 40.3 Å². The van der Waals surface area contributed by atoms with Crippen LogP contribution in [-0.4, -0.2) is 42.7 Å². The number of hydrogen-bond donors (Lipinski definition) is 0. The van der Waals surface area contributed by atoms with Gasteiger partial charge in [-0.15, -0.1) is 0 Å². The predicted octanol–water partition coefficient (Wildman–Crippen LogP) is 4.99. The molecule has 2 aromatic rings. The van der Waals surface area contributed by atoms with E-state index in [4.69, 9.17) is 9.73 Å². The number of likely N-dealkylation sites (N-methyl/N-ethyl adjacent to an activating group) is 1. The molecule has 2 aromatic carbocycles. The molecule has 0 atom stereocenters. The van der Waals surface area contributed by atoms with E-state index >= 15 is 0 Å². The van der Waals surface area contributed by atoms with Crippen LogP contribution < -0.4 is 9.64 Å². The maximum Gasteiger partial charge on any atom is 0.269 e. The molecule has 0 radical (unpaired) electrons. The van der Waals surface area contributed by atoms with Crippen LogP contribution in [0.25, 0.3) is 0 Å². The molecule has 7 heteroatoms. The summed E-state index contributed by atoms with van der Waals surface area (Å²) in [4.78, 5) is 23.9. The van der Waals surface area contributed by atoms with Crippen molar-refractivity contribution in [3.63, 3.8) is 0 Å². The van der Waals surface area contributed by atoms with Crippen LogP contribution in [0.15, 0.2) is 68.4 Å². The zero-order valence-corrected chi connectivity index (χ0v) is 19.1. The van der Waals surface area contributed by atoms with Crippen molar-refractivity contribution in [1.29, 1.82) is 0 Å². The maximum atomic E-state index is 13.2. The highest BCUT2D eigenvalue weighted by Gasteiger charge is 2.38. The highest BCUT2D eigenvalue weighted by Crippen LogP contribution is 2.51. The average molecular weight is 440 g/mol. The molecule has 0 aliphatic carbocycles. The van der Waals surface area contributed by atoms with Crippen molar-refractivity contribution in [3.8, 4) is 5.75 Å². The molecule has 0 N–H and O–H groups in total. The number of benzene rings is 2. The first-order chi connectivity index (χ1) is 14.7.